The van der Waals surface area contributed by atoms with E-state index in [4.69, 9.17) is 4.42 Å². The number of carbonyl (C=O) groups excluding carboxylic acids is 1. The van der Waals surface area contributed by atoms with Crippen LogP contribution < -0.4 is 5.32 Å². The number of nitrogens with zero attached hydrogens (tertiary/aromatic N) is 2. The molecule has 1 fully saturated rings. The molecule has 1 aromatic heterocycles. The van der Waals surface area contributed by atoms with Crippen LogP contribution in [-0.2, 0) is 10.0 Å². The predicted molar refractivity (Wildman–Crippen MR) is 80.2 cm³/mol. The van der Waals surface area contributed by atoms with E-state index in [2.05, 4.69) is 5.32 Å². The summed E-state index contributed by atoms with van der Waals surface area (Å²) < 4.78 is 29.9. The molecule has 21 heavy (non-hydrogen) atoms. The predicted octanol–water partition coefficient (Wildman–Crippen LogP) is 0.386. The fourth-order valence-electron chi connectivity index (χ4n) is 2.04. The number of amides is 1. The van der Waals surface area contributed by atoms with Gasteiger partial charge in [0.05, 0.1) is 5.56 Å². The number of nitrogens with one attached hydrogen (secondary N) is 1. The highest BCUT2D eigenvalue weighted by atomic mass is 35.5. The normalized spacial score (nSPS) is 19.4. The van der Waals surface area contributed by atoms with Gasteiger partial charge in [0.1, 0.15) is 6.26 Å². The lowest BCUT2D eigenvalue weighted by atomic mass is 10.2. The second kappa shape index (κ2) is 6.78. The summed E-state index contributed by atoms with van der Waals surface area (Å²) in [7, 11) is -0.819. The lowest BCUT2D eigenvalue weighted by Crippen LogP contribution is -2.51. The molecule has 0 spiro atoms. The van der Waals surface area contributed by atoms with Gasteiger partial charge in [-0.1, -0.05) is 0 Å². The maximum atomic E-state index is 12.3. The first-order valence-electron chi connectivity index (χ1n) is 6.36. The van der Waals surface area contributed by atoms with Crippen molar-refractivity contribution in [1.82, 2.24) is 14.5 Å². The van der Waals surface area contributed by atoms with Gasteiger partial charge in [-0.25, -0.2) is 12.7 Å². The van der Waals surface area contributed by atoms with E-state index in [0.29, 0.717) is 13.1 Å². The van der Waals surface area contributed by atoms with Gasteiger partial charge in [-0.3, -0.25) is 4.79 Å². The minimum atomic E-state index is -3.65. The Morgan fingerprint density at radius 1 is 1.48 bits per heavy atom. The average molecular weight is 338 g/mol. The van der Waals surface area contributed by atoms with Gasteiger partial charge in [0, 0.05) is 45.8 Å². The number of furan rings is 1. The number of hydrogen-bond acceptors (Lipinski definition) is 5. The molecule has 0 bridgehead atoms. The van der Waals surface area contributed by atoms with E-state index < -0.39 is 10.0 Å². The Labute approximate surface area is 130 Å². The van der Waals surface area contributed by atoms with Gasteiger partial charge in [0.2, 0.25) is 5.09 Å². The van der Waals surface area contributed by atoms with Gasteiger partial charge < -0.3 is 14.6 Å². The van der Waals surface area contributed by atoms with Crippen molar-refractivity contribution in [3.63, 3.8) is 0 Å². The molecule has 1 saturated heterocycles. The lowest BCUT2D eigenvalue weighted by Gasteiger charge is -2.31. The topological polar surface area (TPSA) is 82.9 Å². The Bertz CT molecular complexity index is 599. The van der Waals surface area contributed by atoms with Crippen molar-refractivity contribution in [2.75, 3.05) is 33.7 Å². The number of sulfonamides is 1. The Hall–Kier alpha value is -1.09. The van der Waals surface area contributed by atoms with Crippen LogP contribution in [0.25, 0.3) is 0 Å². The van der Waals surface area contributed by atoms with E-state index in [1.807, 2.05) is 6.92 Å². The Balaban J connectivity index is 0.00000220. The minimum Gasteiger partial charge on any atom is -0.451 e. The molecule has 1 atom stereocenters. The fraction of sp³-hybridized carbons (Fsp3) is 0.583. The summed E-state index contributed by atoms with van der Waals surface area (Å²) in [5, 5.41) is 3.03. The highest BCUT2D eigenvalue weighted by Crippen LogP contribution is 2.18. The third kappa shape index (κ3) is 3.76. The van der Waals surface area contributed by atoms with Crippen LogP contribution in [0.4, 0.5) is 0 Å². The van der Waals surface area contributed by atoms with E-state index >= 15 is 0 Å². The third-order valence-corrected chi connectivity index (χ3v) is 4.90. The van der Waals surface area contributed by atoms with E-state index in [1.54, 1.807) is 4.90 Å². The summed E-state index contributed by atoms with van der Waals surface area (Å²) >= 11 is 0. The summed E-state index contributed by atoms with van der Waals surface area (Å²) in [5.41, 5.74) is 0.263. The molecular weight excluding hydrogens is 318 g/mol. The quantitative estimate of drug-likeness (QED) is 0.862. The molecule has 0 radical (unpaired) electrons. The molecule has 1 aromatic rings. The highest BCUT2D eigenvalue weighted by Gasteiger charge is 2.27. The van der Waals surface area contributed by atoms with Gasteiger partial charge in [-0.05, 0) is 6.92 Å². The maximum absolute atomic E-state index is 12.3. The molecule has 1 aliphatic rings. The zero-order valence-electron chi connectivity index (χ0n) is 12.2. The summed E-state index contributed by atoms with van der Waals surface area (Å²) in [5.74, 6) is -0.206. The molecule has 0 unspecified atom stereocenters. The molecule has 0 saturated carbocycles. The second-order valence-electron chi connectivity index (χ2n) is 5.05. The third-order valence-electron chi connectivity index (χ3n) is 3.21. The monoisotopic (exact) mass is 337 g/mol. The Morgan fingerprint density at radius 2 is 2.14 bits per heavy atom. The van der Waals surface area contributed by atoms with Gasteiger partial charge in [-0.15, -0.1) is 12.4 Å². The number of rotatable bonds is 3. The van der Waals surface area contributed by atoms with Crippen LogP contribution in [0.15, 0.2) is 21.8 Å². The summed E-state index contributed by atoms with van der Waals surface area (Å²) in [6.45, 7) is 3.92. The number of carbonyl (C=O) groups is 1. The molecule has 9 heteroatoms. The molecule has 1 N–H and O–H groups in total. The molecule has 2 heterocycles. The van der Waals surface area contributed by atoms with Crippen LogP contribution in [0.5, 0.6) is 0 Å². The van der Waals surface area contributed by atoms with Crippen LogP contribution in [0, 0.1) is 0 Å². The van der Waals surface area contributed by atoms with Crippen molar-refractivity contribution in [3.05, 3.63) is 17.9 Å². The van der Waals surface area contributed by atoms with Crippen molar-refractivity contribution < 1.29 is 17.6 Å². The number of hydrogen-bond donors (Lipinski definition) is 1. The van der Waals surface area contributed by atoms with Crippen LogP contribution in [-0.4, -0.2) is 63.3 Å². The first-order chi connectivity index (χ1) is 9.32. The fourth-order valence-corrected chi connectivity index (χ4v) is 2.85. The van der Waals surface area contributed by atoms with Crippen molar-refractivity contribution in [3.8, 4) is 0 Å². The van der Waals surface area contributed by atoms with Gasteiger partial charge in [0.15, 0.2) is 0 Å². The van der Waals surface area contributed by atoms with Crippen LogP contribution in [0.1, 0.15) is 17.3 Å². The van der Waals surface area contributed by atoms with Crippen LogP contribution >= 0.6 is 12.4 Å². The molecule has 1 amide bonds. The van der Waals surface area contributed by atoms with Gasteiger partial charge in [0.25, 0.3) is 15.9 Å². The largest absolute Gasteiger partial charge is 0.451 e. The molecule has 2 rings (SSSR count). The lowest BCUT2D eigenvalue weighted by molar-refractivity contribution is 0.0708. The number of piperazine rings is 1. The van der Waals surface area contributed by atoms with E-state index in [-0.39, 0.29) is 35.0 Å². The molecular formula is C12H20ClN3O4S. The highest BCUT2D eigenvalue weighted by molar-refractivity contribution is 7.88. The van der Waals surface area contributed by atoms with Crippen LogP contribution in [0.3, 0.4) is 0 Å². The van der Waals surface area contributed by atoms with E-state index in [1.165, 1.54) is 26.4 Å². The van der Waals surface area contributed by atoms with Crippen molar-refractivity contribution in [2.45, 2.75) is 18.1 Å². The molecule has 120 valence electrons. The second-order valence-corrected chi connectivity index (χ2v) is 7.13. The summed E-state index contributed by atoms with van der Waals surface area (Å²) in [6.07, 6.45) is 1.20. The summed E-state index contributed by atoms with van der Waals surface area (Å²) in [6, 6.07) is 1.51. The van der Waals surface area contributed by atoms with E-state index in [0.717, 1.165) is 10.8 Å². The first-order valence-corrected chi connectivity index (χ1v) is 7.80. The first kappa shape index (κ1) is 18.0. The Kier molecular flexibility index (Phi) is 5.80. The molecule has 7 nitrogen and oxygen atoms in total. The summed E-state index contributed by atoms with van der Waals surface area (Å²) in [4.78, 5) is 14.0. The molecule has 1 aliphatic heterocycles. The smallest absolute Gasteiger partial charge is 0.275 e. The van der Waals surface area contributed by atoms with Crippen molar-refractivity contribution >= 4 is 28.3 Å². The van der Waals surface area contributed by atoms with Crippen molar-refractivity contribution in [2.24, 2.45) is 0 Å². The standard InChI is InChI=1S/C12H19N3O4S.ClH/c1-9-7-15(5-4-13-9)12(16)10-6-11(19-8-10)20(17,18)14(2)3;/h6,8-9,13H,4-5,7H2,1-3H3;1H/t9-;/m1./s1. The zero-order chi connectivity index (χ0) is 14.9. The minimum absolute atomic E-state index is 0. The van der Waals surface area contributed by atoms with Crippen LogP contribution in [0.2, 0.25) is 0 Å². The van der Waals surface area contributed by atoms with Gasteiger partial charge in [-0.2, -0.15) is 0 Å². The van der Waals surface area contributed by atoms with Crippen molar-refractivity contribution in [1.29, 1.82) is 0 Å². The van der Waals surface area contributed by atoms with E-state index in [9.17, 15) is 13.2 Å². The zero-order valence-corrected chi connectivity index (χ0v) is 13.8. The SMILES string of the molecule is C[C@@H]1CN(C(=O)c2coc(S(=O)(=O)N(C)C)c2)CCN1.Cl. The Morgan fingerprint density at radius 3 is 2.71 bits per heavy atom. The maximum Gasteiger partial charge on any atom is 0.275 e. The average Bonchev–Trinajstić information content (AvgIpc) is 2.87. The van der Waals surface area contributed by atoms with Gasteiger partial charge >= 0.3 is 0 Å². The molecule has 0 aliphatic carbocycles. The number of halogens is 1. The molecule has 0 aromatic carbocycles.